The summed E-state index contributed by atoms with van der Waals surface area (Å²) in [7, 11) is 0. The van der Waals surface area contributed by atoms with Gasteiger partial charge in [-0.25, -0.2) is 9.59 Å². The lowest BCUT2D eigenvalue weighted by atomic mass is 10.0. The molecular formula is C25H37N3O8. The number of amides is 3. The summed E-state index contributed by atoms with van der Waals surface area (Å²) in [5.41, 5.74) is -2.18. The number of hydrogen-bond acceptors (Lipinski definition) is 7. The second-order valence-electron chi connectivity index (χ2n) is 10.8. The van der Waals surface area contributed by atoms with Gasteiger partial charge < -0.3 is 30.1 Å². The number of fused-ring (bicyclic) bond motifs is 2. The normalized spacial score (nSPS) is 32.1. The molecule has 0 radical (unpaired) electrons. The van der Waals surface area contributed by atoms with E-state index in [1.807, 2.05) is 12.2 Å². The molecule has 3 N–H and O–H groups in total. The molecule has 1 saturated carbocycles. The molecule has 0 aromatic heterocycles. The molecule has 0 spiro atoms. The monoisotopic (exact) mass is 507 g/mol. The molecule has 11 nitrogen and oxygen atoms in total. The van der Waals surface area contributed by atoms with Crippen molar-refractivity contribution in [2.75, 3.05) is 6.54 Å². The van der Waals surface area contributed by atoms with Crippen LogP contribution in [0.25, 0.3) is 0 Å². The maximum Gasteiger partial charge on any atom is 0.408 e. The zero-order valence-electron chi connectivity index (χ0n) is 21.4. The number of nitrogens with zero attached hydrogens (tertiary/aromatic N) is 1. The number of carbonyl (C=O) groups excluding carboxylic acids is 4. The van der Waals surface area contributed by atoms with Gasteiger partial charge in [-0.15, -0.1) is 0 Å². The van der Waals surface area contributed by atoms with Crippen LogP contribution in [0.4, 0.5) is 4.79 Å². The molecule has 2 fully saturated rings. The summed E-state index contributed by atoms with van der Waals surface area (Å²) in [6.07, 6.45) is 5.97. The fourth-order valence-electron chi connectivity index (χ4n) is 4.83. The SMILES string of the molecule is CC(=O)O[C@@H]1C[C@H]2C(=O)N[C@]3(C(=O)O)C[C@H]3/C=C\CCCCC[C@H](NC(=O)OC(C)(C)C)C(=O)N2C1. The molecule has 0 aromatic carbocycles. The highest BCUT2D eigenvalue weighted by Gasteiger charge is 2.61. The number of aliphatic carboxylic acids is 1. The molecular weight excluding hydrogens is 470 g/mol. The van der Waals surface area contributed by atoms with Crippen LogP contribution in [0.3, 0.4) is 0 Å². The topological polar surface area (TPSA) is 151 Å². The molecule has 0 unspecified atom stereocenters. The molecule has 2 aliphatic heterocycles. The highest BCUT2D eigenvalue weighted by Crippen LogP contribution is 2.45. The van der Waals surface area contributed by atoms with E-state index in [1.54, 1.807) is 20.8 Å². The van der Waals surface area contributed by atoms with Crippen molar-refractivity contribution in [3.05, 3.63) is 12.2 Å². The first-order valence-electron chi connectivity index (χ1n) is 12.5. The standard InChI is InChI=1S/C25H37N3O8/c1-15(29)35-17-12-19-20(30)27-25(22(32)33)13-16(25)10-8-6-5-7-9-11-18(21(31)28(19)14-17)26-23(34)36-24(2,3)4/h8,10,16-19H,5-7,9,11-14H2,1-4H3,(H,26,34)(H,27,30)(H,32,33)/b10-8-/t16-,17-,18+,19+,25-/m1/s1. The van der Waals surface area contributed by atoms with Gasteiger partial charge >= 0.3 is 18.0 Å². The molecule has 11 heteroatoms. The summed E-state index contributed by atoms with van der Waals surface area (Å²) in [5.74, 6) is -3.14. The Labute approximate surface area is 210 Å². The summed E-state index contributed by atoms with van der Waals surface area (Å²) in [6.45, 7) is 6.35. The number of carboxylic acid groups (broad SMARTS) is 1. The Bertz CT molecular complexity index is 927. The first-order chi connectivity index (χ1) is 16.8. The molecule has 3 aliphatic rings. The average Bonchev–Trinajstić information content (AvgIpc) is 3.28. The van der Waals surface area contributed by atoms with Gasteiger partial charge in [0.1, 0.15) is 29.3 Å². The molecule has 200 valence electrons. The van der Waals surface area contributed by atoms with Gasteiger partial charge in [0, 0.05) is 19.3 Å². The van der Waals surface area contributed by atoms with Crippen LogP contribution in [-0.4, -0.2) is 75.7 Å². The van der Waals surface area contributed by atoms with Crippen LogP contribution in [0.15, 0.2) is 12.2 Å². The van der Waals surface area contributed by atoms with Crippen molar-refractivity contribution in [1.29, 1.82) is 0 Å². The maximum absolute atomic E-state index is 13.7. The summed E-state index contributed by atoms with van der Waals surface area (Å²) >= 11 is 0. The largest absolute Gasteiger partial charge is 0.479 e. The Morgan fingerprint density at radius 1 is 1.19 bits per heavy atom. The van der Waals surface area contributed by atoms with E-state index in [4.69, 9.17) is 9.47 Å². The van der Waals surface area contributed by atoms with Gasteiger partial charge in [-0.2, -0.15) is 0 Å². The first kappa shape index (κ1) is 27.5. The van der Waals surface area contributed by atoms with Crippen molar-refractivity contribution >= 4 is 29.8 Å². The average molecular weight is 508 g/mol. The fraction of sp³-hybridized carbons (Fsp3) is 0.720. The van der Waals surface area contributed by atoms with Crippen LogP contribution in [0.5, 0.6) is 0 Å². The predicted molar refractivity (Wildman–Crippen MR) is 128 cm³/mol. The zero-order chi connectivity index (χ0) is 26.7. The van der Waals surface area contributed by atoms with E-state index in [1.165, 1.54) is 11.8 Å². The third-order valence-electron chi connectivity index (χ3n) is 6.64. The molecule has 0 aromatic rings. The van der Waals surface area contributed by atoms with Crippen molar-refractivity contribution in [2.24, 2.45) is 5.92 Å². The lowest BCUT2D eigenvalue weighted by Crippen LogP contribution is -2.56. The zero-order valence-corrected chi connectivity index (χ0v) is 21.4. The summed E-state index contributed by atoms with van der Waals surface area (Å²) in [4.78, 5) is 64.4. The van der Waals surface area contributed by atoms with Crippen LogP contribution in [0, 0.1) is 5.92 Å². The minimum atomic E-state index is -1.42. The number of rotatable bonds is 3. The summed E-state index contributed by atoms with van der Waals surface area (Å²) in [6, 6.07) is -2.00. The Balaban J connectivity index is 1.88. The van der Waals surface area contributed by atoms with Gasteiger partial charge in [-0.3, -0.25) is 14.4 Å². The van der Waals surface area contributed by atoms with Gasteiger partial charge in [-0.1, -0.05) is 25.0 Å². The van der Waals surface area contributed by atoms with E-state index in [9.17, 15) is 29.1 Å². The summed E-state index contributed by atoms with van der Waals surface area (Å²) < 4.78 is 10.6. The smallest absolute Gasteiger partial charge is 0.408 e. The van der Waals surface area contributed by atoms with Gasteiger partial charge in [0.15, 0.2) is 0 Å². The third kappa shape index (κ3) is 6.76. The number of alkyl carbamates (subject to hydrolysis) is 1. The Morgan fingerprint density at radius 2 is 1.92 bits per heavy atom. The molecule has 0 bridgehead atoms. The Kier molecular flexibility index (Phi) is 8.30. The lowest BCUT2D eigenvalue weighted by molar-refractivity contribution is -0.147. The molecule has 3 rings (SSSR count). The number of carboxylic acids is 1. The number of ether oxygens (including phenoxy) is 2. The molecule has 2 heterocycles. The van der Waals surface area contributed by atoms with Crippen molar-refractivity contribution in [3.63, 3.8) is 0 Å². The predicted octanol–water partition coefficient (Wildman–Crippen LogP) is 1.89. The third-order valence-corrected chi connectivity index (χ3v) is 6.64. The van der Waals surface area contributed by atoms with Gasteiger partial charge in [0.2, 0.25) is 11.8 Å². The van der Waals surface area contributed by atoms with Crippen molar-refractivity contribution < 1.29 is 38.6 Å². The molecule has 1 saturated heterocycles. The molecule has 5 atom stereocenters. The molecule has 1 aliphatic carbocycles. The summed E-state index contributed by atoms with van der Waals surface area (Å²) in [5, 5.41) is 15.1. The van der Waals surface area contributed by atoms with Crippen molar-refractivity contribution in [2.45, 2.75) is 102 Å². The van der Waals surface area contributed by atoms with E-state index in [0.29, 0.717) is 12.8 Å². The van der Waals surface area contributed by atoms with E-state index in [0.717, 1.165) is 19.3 Å². The van der Waals surface area contributed by atoms with E-state index < -0.39 is 59.2 Å². The van der Waals surface area contributed by atoms with Crippen molar-refractivity contribution in [3.8, 4) is 0 Å². The highest BCUT2D eigenvalue weighted by molar-refractivity contribution is 5.96. The Morgan fingerprint density at radius 3 is 2.56 bits per heavy atom. The van der Waals surface area contributed by atoms with Crippen LogP contribution in [0.2, 0.25) is 0 Å². The van der Waals surface area contributed by atoms with Crippen LogP contribution in [0.1, 0.15) is 72.6 Å². The molecule has 3 amide bonds. The number of hydrogen-bond donors (Lipinski definition) is 3. The minimum Gasteiger partial charge on any atom is -0.479 e. The number of nitrogens with one attached hydrogen (secondary N) is 2. The maximum atomic E-state index is 13.7. The lowest BCUT2D eigenvalue weighted by Gasteiger charge is -2.30. The van der Waals surface area contributed by atoms with E-state index >= 15 is 0 Å². The number of carbonyl (C=O) groups is 5. The van der Waals surface area contributed by atoms with E-state index in [2.05, 4.69) is 10.6 Å². The number of allylic oxidation sites excluding steroid dienone is 1. The van der Waals surface area contributed by atoms with Crippen LogP contribution >= 0.6 is 0 Å². The number of esters is 1. The quantitative estimate of drug-likeness (QED) is 0.387. The fourth-order valence-corrected chi connectivity index (χ4v) is 4.83. The minimum absolute atomic E-state index is 0.0342. The first-order valence-corrected chi connectivity index (χ1v) is 12.5. The van der Waals surface area contributed by atoms with Gasteiger partial charge in [0.25, 0.3) is 0 Å². The van der Waals surface area contributed by atoms with Crippen LogP contribution < -0.4 is 10.6 Å². The molecule has 36 heavy (non-hydrogen) atoms. The van der Waals surface area contributed by atoms with Gasteiger partial charge in [0.05, 0.1) is 6.54 Å². The highest BCUT2D eigenvalue weighted by atomic mass is 16.6. The van der Waals surface area contributed by atoms with E-state index in [-0.39, 0.29) is 25.3 Å². The second kappa shape index (κ2) is 10.9. The second-order valence-corrected chi connectivity index (χ2v) is 10.8. The van der Waals surface area contributed by atoms with Crippen LogP contribution in [-0.2, 0) is 28.7 Å². The van der Waals surface area contributed by atoms with Crippen molar-refractivity contribution in [1.82, 2.24) is 15.5 Å². The Hall–Kier alpha value is -3.11. The van der Waals surface area contributed by atoms with Gasteiger partial charge in [-0.05, 0) is 46.5 Å².